The van der Waals surface area contributed by atoms with Gasteiger partial charge in [-0.25, -0.2) is 0 Å². The molecule has 0 atom stereocenters. The Morgan fingerprint density at radius 2 is 0.843 bits per heavy atom. The fourth-order valence-electron chi connectivity index (χ4n) is 7.88. The summed E-state index contributed by atoms with van der Waals surface area (Å²) in [5, 5.41) is 10.0. The summed E-state index contributed by atoms with van der Waals surface area (Å²) in [6.45, 7) is 0. The van der Waals surface area contributed by atoms with Crippen LogP contribution in [0.15, 0.2) is 186 Å². The zero-order valence-electron chi connectivity index (χ0n) is 28.2. The quantitative estimate of drug-likeness (QED) is 0.172. The van der Waals surface area contributed by atoms with E-state index in [0.717, 1.165) is 33.3 Å². The maximum Gasteiger partial charge on any atom is 0.135 e. The van der Waals surface area contributed by atoms with Gasteiger partial charge in [0.1, 0.15) is 11.2 Å². The van der Waals surface area contributed by atoms with Gasteiger partial charge in [-0.05, 0) is 109 Å². The molecule has 9 aromatic carbocycles. The predicted molar refractivity (Wildman–Crippen MR) is 217 cm³/mol. The van der Waals surface area contributed by atoms with Crippen LogP contribution in [0.3, 0.4) is 0 Å². The van der Waals surface area contributed by atoms with E-state index in [2.05, 4.69) is 182 Å². The van der Waals surface area contributed by atoms with Crippen molar-refractivity contribution >= 4 is 65.6 Å². The van der Waals surface area contributed by atoms with Crippen molar-refractivity contribution in [2.45, 2.75) is 0 Å². The minimum absolute atomic E-state index is 0.910. The molecule has 240 valence electrons. The third-order valence-corrected chi connectivity index (χ3v) is 10.5. The Labute approximate surface area is 296 Å². The third kappa shape index (κ3) is 4.87. The minimum atomic E-state index is 0.910. The maximum absolute atomic E-state index is 6.13. The number of benzene rings is 9. The van der Waals surface area contributed by atoms with Crippen LogP contribution in [-0.4, -0.2) is 7.05 Å². The summed E-state index contributed by atoms with van der Waals surface area (Å²) in [5.41, 5.74) is 11.2. The molecule has 0 aliphatic heterocycles. The molecule has 0 bridgehead atoms. The van der Waals surface area contributed by atoms with E-state index in [-0.39, 0.29) is 0 Å². The predicted octanol–water partition coefficient (Wildman–Crippen LogP) is 13.8. The fourth-order valence-corrected chi connectivity index (χ4v) is 7.88. The largest absolute Gasteiger partial charge is 0.456 e. The van der Waals surface area contributed by atoms with E-state index in [1.54, 1.807) is 0 Å². The smallest absolute Gasteiger partial charge is 0.135 e. The third-order valence-electron chi connectivity index (χ3n) is 10.5. The van der Waals surface area contributed by atoms with Crippen LogP contribution in [0.5, 0.6) is 0 Å². The number of hydrogen-bond donors (Lipinski definition) is 0. The van der Waals surface area contributed by atoms with Gasteiger partial charge in [0.25, 0.3) is 0 Å². The van der Waals surface area contributed by atoms with Crippen LogP contribution in [0.2, 0.25) is 0 Å². The molecule has 2 heteroatoms. The Hall–Kier alpha value is -6.64. The number of hydrogen-bond acceptors (Lipinski definition) is 2. The second-order valence-corrected chi connectivity index (χ2v) is 13.4. The normalized spacial score (nSPS) is 11.6. The molecule has 0 aliphatic rings. The average Bonchev–Trinajstić information content (AvgIpc) is 3.59. The molecule has 0 radical (unpaired) electrons. The van der Waals surface area contributed by atoms with Gasteiger partial charge in [-0.3, -0.25) is 0 Å². The Morgan fingerprint density at radius 1 is 0.333 bits per heavy atom. The lowest BCUT2D eigenvalue weighted by Crippen LogP contribution is -2.11. The molecule has 0 N–H and O–H groups in total. The van der Waals surface area contributed by atoms with E-state index in [1.807, 2.05) is 12.1 Å². The summed E-state index contributed by atoms with van der Waals surface area (Å²) in [4.78, 5) is 2.31. The number of furan rings is 1. The average molecular weight is 652 g/mol. The first-order valence-corrected chi connectivity index (χ1v) is 17.5. The first-order valence-electron chi connectivity index (χ1n) is 17.5. The first kappa shape index (κ1) is 29.3. The van der Waals surface area contributed by atoms with E-state index in [4.69, 9.17) is 4.42 Å². The molecular weight excluding hydrogens is 619 g/mol. The molecule has 10 aromatic rings. The molecule has 0 unspecified atom stereocenters. The van der Waals surface area contributed by atoms with Crippen molar-refractivity contribution in [1.29, 1.82) is 0 Å². The van der Waals surface area contributed by atoms with Crippen molar-refractivity contribution in [3.63, 3.8) is 0 Å². The molecule has 0 aliphatic carbocycles. The van der Waals surface area contributed by atoms with E-state index in [9.17, 15) is 0 Å². The van der Waals surface area contributed by atoms with Crippen LogP contribution in [0.4, 0.5) is 11.4 Å². The van der Waals surface area contributed by atoms with Crippen LogP contribution in [0.25, 0.3) is 87.6 Å². The number of anilines is 2. The van der Waals surface area contributed by atoms with E-state index in [1.165, 1.54) is 65.7 Å². The number of fused-ring (bicyclic) bond motifs is 9. The van der Waals surface area contributed by atoms with Gasteiger partial charge in [-0.1, -0.05) is 133 Å². The summed E-state index contributed by atoms with van der Waals surface area (Å²) in [5.74, 6) is 0. The highest BCUT2D eigenvalue weighted by molar-refractivity contribution is 6.25. The van der Waals surface area contributed by atoms with E-state index >= 15 is 0 Å². The molecule has 10 rings (SSSR count). The van der Waals surface area contributed by atoms with Crippen molar-refractivity contribution < 1.29 is 4.42 Å². The molecule has 0 spiro atoms. The van der Waals surface area contributed by atoms with Gasteiger partial charge < -0.3 is 9.32 Å². The first-order chi connectivity index (χ1) is 25.2. The van der Waals surface area contributed by atoms with E-state index in [0.29, 0.717) is 0 Å². The standard InChI is InChI=1S/C49H33NO/c1-50(37-15-11-14-33(28-37)34-22-25-42-40-18-6-5-16-38(40)39-17-7-8-19-41(39)45(42)30-34)47-26-23-35(29-44(47)32-12-3-2-4-13-32)36-24-27-49-46(31-36)43-20-9-10-21-48(43)51-49/h2-31H,1H3. The topological polar surface area (TPSA) is 16.4 Å². The van der Waals surface area contributed by atoms with E-state index < -0.39 is 0 Å². The highest BCUT2D eigenvalue weighted by Gasteiger charge is 2.16. The monoisotopic (exact) mass is 651 g/mol. The van der Waals surface area contributed by atoms with Crippen LogP contribution >= 0.6 is 0 Å². The van der Waals surface area contributed by atoms with Gasteiger partial charge in [-0.2, -0.15) is 0 Å². The molecule has 2 nitrogen and oxygen atoms in total. The molecule has 51 heavy (non-hydrogen) atoms. The molecule has 0 saturated carbocycles. The summed E-state index contributed by atoms with van der Waals surface area (Å²) in [7, 11) is 2.17. The Balaban J connectivity index is 1.07. The number of rotatable bonds is 5. The zero-order valence-corrected chi connectivity index (χ0v) is 28.2. The lowest BCUT2D eigenvalue weighted by Gasteiger charge is -2.24. The lowest BCUT2D eigenvalue weighted by molar-refractivity contribution is 0.669. The lowest BCUT2D eigenvalue weighted by atomic mass is 9.92. The molecule has 1 aromatic heterocycles. The summed E-state index contributed by atoms with van der Waals surface area (Å²) >= 11 is 0. The minimum Gasteiger partial charge on any atom is -0.456 e. The van der Waals surface area contributed by atoms with Crippen LogP contribution in [-0.2, 0) is 0 Å². The molecular formula is C49H33NO. The van der Waals surface area contributed by atoms with Crippen LogP contribution < -0.4 is 4.90 Å². The van der Waals surface area contributed by atoms with Crippen molar-refractivity contribution in [2.24, 2.45) is 0 Å². The van der Waals surface area contributed by atoms with Gasteiger partial charge in [-0.15, -0.1) is 0 Å². The molecule has 1 heterocycles. The van der Waals surface area contributed by atoms with Crippen molar-refractivity contribution in [3.8, 4) is 33.4 Å². The van der Waals surface area contributed by atoms with Crippen molar-refractivity contribution in [2.75, 3.05) is 11.9 Å². The Kier molecular flexibility index (Phi) is 6.75. The zero-order chi connectivity index (χ0) is 33.9. The summed E-state index contributed by atoms with van der Waals surface area (Å²) in [6, 6.07) is 65.7. The van der Waals surface area contributed by atoms with Gasteiger partial charge >= 0.3 is 0 Å². The van der Waals surface area contributed by atoms with Crippen molar-refractivity contribution in [1.82, 2.24) is 0 Å². The Bertz CT molecular complexity index is 2900. The van der Waals surface area contributed by atoms with Gasteiger partial charge in [0, 0.05) is 34.8 Å². The fraction of sp³-hybridized carbons (Fsp3) is 0.0204. The van der Waals surface area contributed by atoms with Crippen LogP contribution in [0, 0.1) is 0 Å². The maximum atomic E-state index is 6.13. The number of para-hydroxylation sites is 1. The molecule has 0 saturated heterocycles. The van der Waals surface area contributed by atoms with Gasteiger partial charge in [0.15, 0.2) is 0 Å². The highest BCUT2D eigenvalue weighted by atomic mass is 16.3. The second-order valence-electron chi connectivity index (χ2n) is 13.4. The van der Waals surface area contributed by atoms with Gasteiger partial charge in [0.2, 0.25) is 0 Å². The van der Waals surface area contributed by atoms with Gasteiger partial charge in [0.05, 0.1) is 0 Å². The molecule has 0 amide bonds. The molecule has 0 fully saturated rings. The highest BCUT2D eigenvalue weighted by Crippen LogP contribution is 2.41. The summed E-state index contributed by atoms with van der Waals surface area (Å²) in [6.07, 6.45) is 0. The second kappa shape index (κ2) is 11.8. The van der Waals surface area contributed by atoms with Crippen molar-refractivity contribution in [3.05, 3.63) is 182 Å². The number of nitrogens with zero attached hydrogens (tertiary/aromatic N) is 1. The van der Waals surface area contributed by atoms with Crippen LogP contribution in [0.1, 0.15) is 0 Å². The SMILES string of the molecule is CN(c1cccc(-c2ccc3c4ccccc4c4ccccc4c3c2)c1)c1ccc(-c2ccc3oc4ccccc4c3c2)cc1-c1ccccc1. The Morgan fingerprint density at radius 3 is 1.59 bits per heavy atom. The summed E-state index contributed by atoms with van der Waals surface area (Å²) < 4.78 is 6.13.